The molecule has 0 aliphatic carbocycles. The van der Waals surface area contributed by atoms with Crippen molar-refractivity contribution in [3.05, 3.63) is 44.9 Å². The highest BCUT2D eigenvalue weighted by Crippen LogP contribution is 2.22. The van der Waals surface area contributed by atoms with Crippen LogP contribution in [0, 0.1) is 3.57 Å². The first kappa shape index (κ1) is 14.6. The molecule has 3 aromatic rings. The summed E-state index contributed by atoms with van der Waals surface area (Å²) in [5, 5.41) is 10.7. The number of rotatable bonds is 4. The van der Waals surface area contributed by atoms with Gasteiger partial charge in [-0.15, -0.1) is 0 Å². The molecule has 0 spiro atoms. The van der Waals surface area contributed by atoms with Crippen LogP contribution in [0.3, 0.4) is 0 Å². The van der Waals surface area contributed by atoms with E-state index in [4.69, 9.17) is 5.10 Å². The number of hydrogen-bond donors (Lipinski definition) is 0. The Labute approximate surface area is 138 Å². The van der Waals surface area contributed by atoms with Gasteiger partial charge in [0.2, 0.25) is 0 Å². The molecule has 2 heterocycles. The van der Waals surface area contributed by atoms with Gasteiger partial charge in [0.15, 0.2) is 0 Å². The molecule has 5 heteroatoms. The number of fused-ring (bicyclic) bond motifs is 1. The Bertz CT molecular complexity index is 785. The van der Waals surface area contributed by atoms with Gasteiger partial charge < -0.3 is 0 Å². The van der Waals surface area contributed by atoms with E-state index in [2.05, 4.69) is 70.5 Å². The zero-order chi connectivity index (χ0) is 15.0. The molecular weight excluding hydrogens is 375 g/mol. The molecule has 0 atom stereocenters. The summed E-state index contributed by atoms with van der Waals surface area (Å²) in [7, 11) is 2.00. The van der Waals surface area contributed by atoms with Crippen molar-refractivity contribution in [2.75, 3.05) is 0 Å². The second-order valence-electron chi connectivity index (χ2n) is 5.16. The lowest BCUT2D eigenvalue weighted by atomic mass is 10.2. The number of aryl methyl sites for hydroxylation is 2. The molecule has 0 saturated heterocycles. The van der Waals surface area contributed by atoms with Gasteiger partial charge in [0, 0.05) is 12.4 Å². The number of hydrogen-bond acceptors (Lipinski definition) is 2. The average molecular weight is 394 g/mol. The van der Waals surface area contributed by atoms with Crippen LogP contribution < -0.4 is 0 Å². The van der Waals surface area contributed by atoms with E-state index < -0.39 is 0 Å². The van der Waals surface area contributed by atoms with Gasteiger partial charge in [-0.2, -0.15) is 10.2 Å². The Morgan fingerprint density at radius 1 is 1.05 bits per heavy atom. The highest BCUT2D eigenvalue weighted by Gasteiger charge is 2.15. The molecule has 0 saturated carbocycles. The summed E-state index contributed by atoms with van der Waals surface area (Å²) in [5.74, 6) is 0. The van der Waals surface area contributed by atoms with E-state index in [0.717, 1.165) is 25.1 Å². The van der Waals surface area contributed by atoms with Gasteiger partial charge in [-0.05, 0) is 41.5 Å². The van der Waals surface area contributed by atoms with Crippen LogP contribution in [-0.4, -0.2) is 19.6 Å². The van der Waals surface area contributed by atoms with Crippen molar-refractivity contribution in [2.45, 2.75) is 33.2 Å². The number of para-hydroxylation sites is 1. The van der Waals surface area contributed by atoms with E-state index in [0.29, 0.717) is 0 Å². The molecule has 0 unspecified atom stereocenters. The maximum Gasteiger partial charge on any atom is 0.0918 e. The van der Waals surface area contributed by atoms with E-state index >= 15 is 0 Å². The third-order valence-electron chi connectivity index (χ3n) is 3.86. The third kappa shape index (κ3) is 2.47. The summed E-state index contributed by atoms with van der Waals surface area (Å²) in [6.07, 6.45) is 1.97. The molecule has 1 aromatic carbocycles. The molecule has 4 nitrogen and oxygen atoms in total. The minimum absolute atomic E-state index is 0.737. The van der Waals surface area contributed by atoms with E-state index in [1.165, 1.54) is 25.9 Å². The summed E-state index contributed by atoms with van der Waals surface area (Å²) >= 11 is 2.42. The van der Waals surface area contributed by atoms with Crippen molar-refractivity contribution in [3.8, 4) is 0 Å². The number of benzene rings is 1. The van der Waals surface area contributed by atoms with Crippen LogP contribution in [-0.2, 0) is 26.4 Å². The normalized spacial score (nSPS) is 11.4. The standard InChI is InChI=1S/C16H19IN4/c1-4-12-16(17)14(5-2)21(19-12)10-13-11-8-6-7-9-15(11)20(3)18-13/h6-9H,4-5,10H2,1-3H3. The molecule has 0 amide bonds. The quantitative estimate of drug-likeness (QED) is 0.635. The highest BCUT2D eigenvalue weighted by atomic mass is 127. The number of halogens is 1. The van der Waals surface area contributed by atoms with Gasteiger partial charge >= 0.3 is 0 Å². The lowest BCUT2D eigenvalue weighted by molar-refractivity contribution is 0.619. The van der Waals surface area contributed by atoms with Gasteiger partial charge in [-0.3, -0.25) is 9.36 Å². The van der Waals surface area contributed by atoms with E-state index in [9.17, 15) is 0 Å². The van der Waals surface area contributed by atoms with Gasteiger partial charge in [0.25, 0.3) is 0 Å². The third-order valence-corrected chi connectivity index (χ3v) is 5.11. The first-order valence-corrected chi connectivity index (χ1v) is 8.38. The van der Waals surface area contributed by atoms with Crippen LogP contribution in [0.15, 0.2) is 24.3 Å². The van der Waals surface area contributed by atoms with Crippen LogP contribution in [0.5, 0.6) is 0 Å². The van der Waals surface area contributed by atoms with Gasteiger partial charge in [-0.1, -0.05) is 32.0 Å². The Morgan fingerprint density at radius 3 is 2.52 bits per heavy atom. The van der Waals surface area contributed by atoms with Crippen molar-refractivity contribution < 1.29 is 0 Å². The topological polar surface area (TPSA) is 35.6 Å². The van der Waals surface area contributed by atoms with Crippen LogP contribution >= 0.6 is 22.6 Å². The largest absolute Gasteiger partial charge is 0.268 e. The van der Waals surface area contributed by atoms with Gasteiger partial charge in [0.05, 0.1) is 32.7 Å². The average Bonchev–Trinajstić information content (AvgIpc) is 2.97. The fourth-order valence-electron chi connectivity index (χ4n) is 2.77. The second-order valence-corrected chi connectivity index (χ2v) is 6.24. The Balaban J connectivity index is 2.07. The maximum absolute atomic E-state index is 4.77. The fourth-order valence-corrected chi connectivity index (χ4v) is 3.92. The Hall–Kier alpha value is -1.37. The molecular formula is C16H19IN4. The predicted octanol–water partition coefficient (Wildman–Crippen LogP) is 3.55. The van der Waals surface area contributed by atoms with Crippen molar-refractivity contribution in [3.63, 3.8) is 0 Å². The van der Waals surface area contributed by atoms with E-state index in [1.807, 2.05) is 11.7 Å². The molecule has 0 aliphatic heterocycles. The second kappa shape index (κ2) is 5.79. The number of aromatic nitrogens is 4. The summed E-state index contributed by atoms with van der Waals surface area (Å²) in [6.45, 7) is 5.08. The zero-order valence-electron chi connectivity index (χ0n) is 12.6. The zero-order valence-corrected chi connectivity index (χ0v) is 14.8. The highest BCUT2D eigenvalue weighted by molar-refractivity contribution is 14.1. The monoisotopic (exact) mass is 394 g/mol. The van der Waals surface area contributed by atoms with Crippen LogP contribution in [0.4, 0.5) is 0 Å². The summed E-state index contributed by atoms with van der Waals surface area (Å²) in [4.78, 5) is 0. The summed E-state index contributed by atoms with van der Waals surface area (Å²) in [5.41, 5.74) is 4.75. The van der Waals surface area contributed by atoms with Crippen molar-refractivity contribution >= 4 is 33.5 Å². The minimum Gasteiger partial charge on any atom is -0.268 e. The predicted molar refractivity (Wildman–Crippen MR) is 93.5 cm³/mol. The lowest BCUT2D eigenvalue weighted by Crippen LogP contribution is -2.07. The number of nitrogens with zero attached hydrogens (tertiary/aromatic N) is 4. The van der Waals surface area contributed by atoms with Crippen molar-refractivity contribution in [1.82, 2.24) is 19.6 Å². The van der Waals surface area contributed by atoms with Crippen molar-refractivity contribution in [2.24, 2.45) is 7.05 Å². The molecule has 3 rings (SSSR count). The Kier molecular flexibility index (Phi) is 4.01. The minimum atomic E-state index is 0.737. The molecule has 21 heavy (non-hydrogen) atoms. The fraction of sp³-hybridized carbons (Fsp3) is 0.375. The van der Waals surface area contributed by atoms with Crippen LogP contribution in [0.25, 0.3) is 10.9 Å². The lowest BCUT2D eigenvalue weighted by Gasteiger charge is -2.04. The summed E-state index contributed by atoms with van der Waals surface area (Å²) < 4.78 is 5.37. The first-order chi connectivity index (χ1) is 10.2. The van der Waals surface area contributed by atoms with Crippen molar-refractivity contribution in [1.29, 1.82) is 0 Å². The molecule has 0 radical (unpaired) electrons. The smallest absolute Gasteiger partial charge is 0.0918 e. The molecule has 2 aromatic heterocycles. The molecule has 0 bridgehead atoms. The molecule has 0 N–H and O–H groups in total. The van der Waals surface area contributed by atoms with E-state index in [-0.39, 0.29) is 0 Å². The first-order valence-electron chi connectivity index (χ1n) is 7.30. The SMILES string of the molecule is CCc1nn(Cc2nn(C)c3ccccc23)c(CC)c1I. The van der Waals surface area contributed by atoms with Crippen LogP contribution in [0.2, 0.25) is 0 Å². The molecule has 0 fully saturated rings. The maximum atomic E-state index is 4.77. The van der Waals surface area contributed by atoms with Gasteiger partial charge in [-0.25, -0.2) is 0 Å². The van der Waals surface area contributed by atoms with E-state index in [1.54, 1.807) is 0 Å². The molecule has 110 valence electrons. The Morgan fingerprint density at radius 2 is 1.81 bits per heavy atom. The molecule has 0 aliphatic rings. The summed E-state index contributed by atoms with van der Waals surface area (Å²) in [6, 6.07) is 8.37. The van der Waals surface area contributed by atoms with Crippen LogP contribution in [0.1, 0.15) is 30.9 Å². The van der Waals surface area contributed by atoms with Gasteiger partial charge in [0.1, 0.15) is 0 Å².